The smallest absolute Gasteiger partial charge is 0.0410 e. The maximum absolute atomic E-state index is 8.35. The minimum absolute atomic E-state index is 0.677. The van der Waals surface area contributed by atoms with Crippen LogP contribution in [0.15, 0.2) is 53.3 Å². The van der Waals surface area contributed by atoms with Crippen molar-refractivity contribution in [2.75, 3.05) is 0 Å². The van der Waals surface area contributed by atoms with E-state index >= 15 is 0 Å². The zero-order valence-corrected chi connectivity index (χ0v) is 12.3. The van der Waals surface area contributed by atoms with Crippen LogP contribution in [0, 0.1) is 5.41 Å². The molecule has 0 bridgehead atoms. The summed E-state index contributed by atoms with van der Waals surface area (Å²) in [5.41, 5.74) is 11.4. The summed E-state index contributed by atoms with van der Waals surface area (Å²) in [7, 11) is 0. The van der Waals surface area contributed by atoms with Crippen LogP contribution in [0.1, 0.15) is 44.6 Å². The third kappa shape index (κ3) is 3.83. The van der Waals surface area contributed by atoms with Gasteiger partial charge >= 0.3 is 0 Å². The van der Waals surface area contributed by atoms with Gasteiger partial charge in [-0.2, -0.15) is 0 Å². The Morgan fingerprint density at radius 3 is 2.70 bits per heavy atom. The van der Waals surface area contributed by atoms with Gasteiger partial charge < -0.3 is 11.1 Å². The number of hydrogen-bond acceptors (Lipinski definition) is 2. The summed E-state index contributed by atoms with van der Waals surface area (Å²) in [6.07, 6.45) is 8.17. The van der Waals surface area contributed by atoms with Gasteiger partial charge in [0.05, 0.1) is 0 Å². The molecule has 106 valence electrons. The first-order chi connectivity index (χ1) is 9.70. The number of nitrogens with one attached hydrogen (secondary N) is 1. The van der Waals surface area contributed by atoms with Gasteiger partial charge in [-0.05, 0) is 36.8 Å². The van der Waals surface area contributed by atoms with Gasteiger partial charge in [0.25, 0.3) is 0 Å². The lowest BCUT2D eigenvalue weighted by molar-refractivity contribution is 0.803. The maximum Gasteiger partial charge on any atom is 0.0410 e. The van der Waals surface area contributed by atoms with Crippen LogP contribution in [-0.4, -0.2) is 5.71 Å². The molecule has 0 atom stereocenters. The molecule has 1 aliphatic carbocycles. The maximum atomic E-state index is 8.35. The summed E-state index contributed by atoms with van der Waals surface area (Å²) in [5.74, 6) is 0. The van der Waals surface area contributed by atoms with Crippen molar-refractivity contribution < 1.29 is 0 Å². The van der Waals surface area contributed by atoms with Crippen molar-refractivity contribution in [2.24, 2.45) is 5.73 Å². The van der Waals surface area contributed by atoms with Crippen molar-refractivity contribution in [3.63, 3.8) is 0 Å². The van der Waals surface area contributed by atoms with E-state index in [1.807, 2.05) is 18.2 Å². The van der Waals surface area contributed by atoms with Crippen LogP contribution >= 0.6 is 0 Å². The van der Waals surface area contributed by atoms with Gasteiger partial charge in [-0.25, -0.2) is 0 Å². The van der Waals surface area contributed by atoms with E-state index in [0.29, 0.717) is 12.1 Å². The predicted octanol–water partition coefficient (Wildman–Crippen LogP) is 4.37. The highest BCUT2D eigenvalue weighted by Crippen LogP contribution is 2.28. The Morgan fingerprint density at radius 2 is 2.00 bits per heavy atom. The number of allylic oxidation sites excluding steroid dienone is 4. The summed E-state index contributed by atoms with van der Waals surface area (Å²) in [4.78, 5) is 0. The molecule has 0 radical (unpaired) electrons. The number of rotatable bonds is 5. The lowest BCUT2D eigenvalue weighted by Gasteiger charge is -2.21. The van der Waals surface area contributed by atoms with E-state index in [9.17, 15) is 0 Å². The Hall–Kier alpha value is -1.83. The molecule has 0 unspecified atom stereocenters. The van der Waals surface area contributed by atoms with Crippen LogP contribution in [0.2, 0.25) is 0 Å². The van der Waals surface area contributed by atoms with Gasteiger partial charge in [0.1, 0.15) is 0 Å². The minimum atomic E-state index is 0.677. The van der Waals surface area contributed by atoms with Gasteiger partial charge in [0, 0.05) is 17.8 Å². The second kappa shape index (κ2) is 7.09. The van der Waals surface area contributed by atoms with E-state index in [1.54, 1.807) is 0 Å². The molecular formula is C18H24N2. The van der Waals surface area contributed by atoms with Crippen LogP contribution in [0.4, 0.5) is 0 Å². The van der Waals surface area contributed by atoms with Crippen molar-refractivity contribution in [1.29, 1.82) is 5.41 Å². The van der Waals surface area contributed by atoms with Crippen LogP contribution in [0.3, 0.4) is 0 Å². The van der Waals surface area contributed by atoms with Gasteiger partial charge in [-0.3, -0.25) is 0 Å². The second-order valence-electron chi connectivity index (χ2n) is 5.47. The van der Waals surface area contributed by atoms with Crippen LogP contribution in [-0.2, 0) is 6.42 Å². The molecule has 0 saturated carbocycles. The van der Waals surface area contributed by atoms with Gasteiger partial charge in [0.15, 0.2) is 0 Å². The molecular weight excluding hydrogens is 244 g/mol. The molecule has 0 aromatic heterocycles. The highest BCUT2D eigenvalue weighted by molar-refractivity contribution is 6.00. The third-order valence-electron chi connectivity index (χ3n) is 3.82. The van der Waals surface area contributed by atoms with Crippen molar-refractivity contribution >= 4 is 5.71 Å². The largest absolute Gasteiger partial charge is 0.402 e. The third-order valence-corrected chi connectivity index (χ3v) is 3.82. The molecule has 0 saturated heterocycles. The molecule has 0 aliphatic heterocycles. The Balaban J connectivity index is 2.08. The van der Waals surface area contributed by atoms with Crippen molar-refractivity contribution in [1.82, 2.24) is 0 Å². The first-order valence-electron chi connectivity index (χ1n) is 7.47. The SMILES string of the molecule is CCC/C=C1/CCC(N)=C(C(=N)Cc2ccccc2)C1. The quantitative estimate of drug-likeness (QED) is 0.604. The molecule has 0 spiro atoms. The van der Waals surface area contributed by atoms with E-state index in [0.717, 1.165) is 37.0 Å². The van der Waals surface area contributed by atoms with E-state index in [4.69, 9.17) is 11.1 Å². The monoisotopic (exact) mass is 268 g/mol. The predicted molar refractivity (Wildman–Crippen MR) is 85.9 cm³/mol. The molecule has 2 nitrogen and oxygen atoms in total. The standard InChI is InChI=1S/C18H24N2/c1-2-3-7-15-10-11-17(19)16(12-15)18(20)13-14-8-5-4-6-9-14/h4-9,20H,2-3,10-13,19H2,1H3/b15-7-,20-18?. The average molecular weight is 268 g/mol. The molecule has 2 heteroatoms. The lowest BCUT2D eigenvalue weighted by atomic mass is 9.86. The molecule has 0 heterocycles. The van der Waals surface area contributed by atoms with Crippen molar-refractivity contribution in [3.8, 4) is 0 Å². The Morgan fingerprint density at radius 1 is 1.25 bits per heavy atom. The molecule has 1 aromatic rings. The van der Waals surface area contributed by atoms with Crippen molar-refractivity contribution in [3.05, 3.63) is 58.8 Å². The Labute approximate surface area is 121 Å². The summed E-state index contributed by atoms with van der Waals surface area (Å²) >= 11 is 0. The molecule has 2 rings (SSSR count). The van der Waals surface area contributed by atoms with Gasteiger partial charge in [0.2, 0.25) is 0 Å². The van der Waals surface area contributed by atoms with Crippen LogP contribution in [0.5, 0.6) is 0 Å². The molecule has 0 fully saturated rings. The molecule has 20 heavy (non-hydrogen) atoms. The van der Waals surface area contributed by atoms with E-state index in [2.05, 4.69) is 25.1 Å². The zero-order chi connectivity index (χ0) is 14.4. The fraction of sp³-hybridized carbons (Fsp3) is 0.389. The topological polar surface area (TPSA) is 49.9 Å². The second-order valence-corrected chi connectivity index (χ2v) is 5.47. The average Bonchev–Trinajstić information content (AvgIpc) is 2.47. The van der Waals surface area contributed by atoms with E-state index in [-0.39, 0.29) is 0 Å². The van der Waals surface area contributed by atoms with Gasteiger partial charge in [-0.1, -0.05) is 55.3 Å². The molecule has 1 aliphatic rings. The fourth-order valence-corrected chi connectivity index (χ4v) is 2.60. The van der Waals surface area contributed by atoms with E-state index < -0.39 is 0 Å². The highest BCUT2D eigenvalue weighted by Gasteiger charge is 2.17. The number of benzene rings is 1. The Kier molecular flexibility index (Phi) is 5.16. The van der Waals surface area contributed by atoms with Gasteiger partial charge in [-0.15, -0.1) is 0 Å². The minimum Gasteiger partial charge on any atom is -0.402 e. The normalized spacial score (nSPS) is 17.6. The van der Waals surface area contributed by atoms with Crippen molar-refractivity contribution in [2.45, 2.75) is 45.4 Å². The number of nitrogens with two attached hydrogens (primary N) is 1. The fourth-order valence-electron chi connectivity index (χ4n) is 2.60. The molecule has 3 N–H and O–H groups in total. The number of unbranched alkanes of at least 4 members (excludes halogenated alkanes) is 1. The lowest BCUT2D eigenvalue weighted by Crippen LogP contribution is -2.17. The molecule has 0 amide bonds. The summed E-state index contributed by atoms with van der Waals surface area (Å²) in [5, 5.41) is 8.35. The van der Waals surface area contributed by atoms with Crippen LogP contribution < -0.4 is 5.73 Å². The summed E-state index contributed by atoms with van der Waals surface area (Å²) in [6, 6.07) is 10.2. The first kappa shape index (κ1) is 14.6. The van der Waals surface area contributed by atoms with Crippen LogP contribution in [0.25, 0.3) is 0 Å². The molecule has 1 aromatic carbocycles. The summed E-state index contributed by atoms with van der Waals surface area (Å²) < 4.78 is 0. The number of hydrogen-bond donors (Lipinski definition) is 2. The van der Waals surface area contributed by atoms with E-state index in [1.165, 1.54) is 17.6 Å². The zero-order valence-electron chi connectivity index (χ0n) is 12.3. The Bertz CT molecular complexity index is 524. The first-order valence-corrected chi connectivity index (χ1v) is 7.47. The summed E-state index contributed by atoms with van der Waals surface area (Å²) in [6.45, 7) is 2.20. The highest BCUT2D eigenvalue weighted by atomic mass is 14.6.